The number of aliphatic hydroxyl groups excluding tert-OH is 1. The van der Waals surface area contributed by atoms with Crippen LogP contribution in [0.25, 0.3) is 0 Å². The molecule has 1 amide bonds. The summed E-state index contributed by atoms with van der Waals surface area (Å²) in [6.45, 7) is 5.05. The van der Waals surface area contributed by atoms with E-state index in [1.54, 1.807) is 13.8 Å². The fraction of sp³-hybridized carbons (Fsp3) is 0.917. The molecule has 3 aliphatic rings. The second-order valence-corrected chi connectivity index (χ2v) is 5.77. The van der Waals surface area contributed by atoms with Gasteiger partial charge in [0.1, 0.15) is 23.9 Å². The van der Waals surface area contributed by atoms with Crippen LogP contribution in [0.15, 0.2) is 0 Å². The van der Waals surface area contributed by atoms with Crippen LogP contribution in [0.3, 0.4) is 0 Å². The number of fused-ring (bicyclic) bond motifs is 4. The van der Waals surface area contributed by atoms with Gasteiger partial charge in [-0.3, -0.25) is 4.79 Å². The van der Waals surface area contributed by atoms with Crippen LogP contribution in [0.2, 0.25) is 0 Å². The fourth-order valence-electron chi connectivity index (χ4n) is 3.02. The average molecular weight is 273 g/mol. The van der Waals surface area contributed by atoms with Crippen LogP contribution in [-0.4, -0.2) is 60.2 Å². The third-order valence-corrected chi connectivity index (χ3v) is 3.78. The van der Waals surface area contributed by atoms with Crippen molar-refractivity contribution in [3.05, 3.63) is 0 Å². The van der Waals surface area contributed by atoms with Crippen molar-refractivity contribution in [2.45, 2.75) is 56.7 Å². The molecule has 2 unspecified atom stereocenters. The predicted octanol–water partition coefficient (Wildman–Crippen LogP) is -0.871. The van der Waals surface area contributed by atoms with Gasteiger partial charge >= 0.3 is 0 Å². The van der Waals surface area contributed by atoms with E-state index in [1.807, 2.05) is 0 Å². The highest BCUT2D eigenvalue weighted by Gasteiger charge is 2.65. The molecular weight excluding hydrogens is 254 g/mol. The third-order valence-electron chi connectivity index (χ3n) is 3.78. The monoisotopic (exact) mass is 273 g/mol. The second-order valence-electron chi connectivity index (χ2n) is 5.77. The summed E-state index contributed by atoms with van der Waals surface area (Å²) in [5, 5.41) is 12.4. The van der Waals surface area contributed by atoms with Crippen LogP contribution in [0.5, 0.6) is 0 Å². The van der Waals surface area contributed by atoms with Crippen molar-refractivity contribution >= 4 is 5.91 Å². The van der Waals surface area contributed by atoms with E-state index in [4.69, 9.17) is 18.9 Å². The van der Waals surface area contributed by atoms with E-state index in [9.17, 15) is 9.90 Å². The Morgan fingerprint density at radius 3 is 2.74 bits per heavy atom. The van der Waals surface area contributed by atoms with E-state index in [-0.39, 0.29) is 19.1 Å². The zero-order valence-corrected chi connectivity index (χ0v) is 11.2. The minimum Gasteiger partial charge on any atom is -0.393 e. The molecule has 0 aromatic rings. The first kappa shape index (κ1) is 13.3. The maximum Gasteiger partial charge on any atom is 0.217 e. The lowest BCUT2D eigenvalue weighted by molar-refractivity contribution is -0.208. The Bertz CT molecular complexity index is 400. The van der Waals surface area contributed by atoms with Crippen molar-refractivity contribution in [3.63, 3.8) is 0 Å². The number of amides is 1. The first-order valence-corrected chi connectivity index (χ1v) is 6.40. The summed E-state index contributed by atoms with van der Waals surface area (Å²) >= 11 is 0. The zero-order chi connectivity index (χ0) is 13.8. The highest BCUT2D eigenvalue weighted by molar-refractivity contribution is 5.73. The number of hydrogen-bond acceptors (Lipinski definition) is 6. The number of hydrogen-bond donors (Lipinski definition) is 2. The Hall–Kier alpha value is -0.730. The van der Waals surface area contributed by atoms with Crippen LogP contribution in [0.4, 0.5) is 0 Å². The van der Waals surface area contributed by atoms with Gasteiger partial charge in [-0.1, -0.05) is 0 Å². The van der Waals surface area contributed by atoms with Crippen molar-refractivity contribution in [1.82, 2.24) is 5.32 Å². The quantitative estimate of drug-likeness (QED) is 0.680. The van der Waals surface area contributed by atoms with Gasteiger partial charge in [0.2, 0.25) is 5.91 Å². The lowest BCUT2D eigenvalue weighted by Crippen LogP contribution is -2.65. The Labute approximate surface area is 111 Å². The maximum absolute atomic E-state index is 11.3. The molecule has 19 heavy (non-hydrogen) atoms. The van der Waals surface area contributed by atoms with Crippen LogP contribution in [-0.2, 0) is 23.7 Å². The van der Waals surface area contributed by atoms with Crippen molar-refractivity contribution < 1.29 is 28.8 Å². The summed E-state index contributed by atoms with van der Waals surface area (Å²) < 4.78 is 23.0. The average Bonchev–Trinajstić information content (AvgIpc) is 2.85. The molecule has 0 aromatic heterocycles. The molecule has 7 heteroatoms. The smallest absolute Gasteiger partial charge is 0.217 e. The number of rotatable bonds is 2. The van der Waals surface area contributed by atoms with E-state index in [1.165, 1.54) is 6.92 Å². The second kappa shape index (κ2) is 4.13. The number of aliphatic hydroxyl groups is 1. The Balaban J connectivity index is 1.92. The van der Waals surface area contributed by atoms with Gasteiger partial charge in [-0.15, -0.1) is 0 Å². The van der Waals surface area contributed by atoms with Gasteiger partial charge in [-0.2, -0.15) is 0 Å². The zero-order valence-electron chi connectivity index (χ0n) is 11.2. The molecule has 108 valence electrons. The largest absolute Gasteiger partial charge is 0.393 e. The molecule has 0 radical (unpaired) electrons. The molecule has 0 aliphatic carbocycles. The summed E-state index contributed by atoms with van der Waals surface area (Å²) in [6.07, 6.45) is -1.48. The summed E-state index contributed by atoms with van der Waals surface area (Å²) in [4.78, 5) is 11.3. The Morgan fingerprint density at radius 2 is 2.11 bits per heavy atom. The van der Waals surface area contributed by atoms with Crippen LogP contribution < -0.4 is 5.32 Å². The molecule has 7 nitrogen and oxygen atoms in total. The van der Waals surface area contributed by atoms with Gasteiger partial charge in [0.25, 0.3) is 0 Å². The van der Waals surface area contributed by atoms with Gasteiger partial charge in [-0.05, 0) is 13.8 Å². The number of carbonyl (C=O) groups excluding carboxylic acids is 1. The lowest BCUT2D eigenvalue weighted by Gasteiger charge is -2.41. The van der Waals surface area contributed by atoms with E-state index < -0.39 is 35.9 Å². The number of ether oxygens (including phenoxy) is 4. The molecule has 3 rings (SSSR count). The van der Waals surface area contributed by atoms with Crippen LogP contribution >= 0.6 is 0 Å². The predicted molar refractivity (Wildman–Crippen MR) is 62.1 cm³/mol. The third kappa shape index (κ3) is 1.96. The highest BCUT2D eigenvalue weighted by Crippen LogP contribution is 2.45. The van der Waals surface area contributed by atoms with E-state index >= 15 is 0 Å². The van der Waals surface area contributed by atoms with Crippen molar-refractivity contribution in [3.8, 4) is 0 Å². The molecule has 2 N–H and O–H groups in total. The molecule has 2 bridgehead atoms. The minimum absolute atomic E-state index is 0.187. The van der Waals surface area contributed by atoms with Gasteiger partial charge in [0.05, 0.1) is 13.2 Å². The fourth-order valence-corrected chi connectivity index (χ4v) is 3.02. The van der Waals surface area contributed by atoms with Crippen molar-refractivity contribution in [1.29, 1.82) is 0 Å². The van der Waals surface area contributed by atoms with E-state index in [2.05, 4.69) is 5.32 Å². The molecule has 0 spiro atoms. The summed E-state index contributed by atoms with van der Waals surface area (Å²) in [5.41, 5.74) is -0.905. The van der Waals surface area contributed by atoms with Crippen molar-refractivity contribution in [2.24, 2.45) is 0 Å². The molecule has 3 heterocycles. The van der Waals surface area contributed by atoms with Gasteiger partial charge in [0, 0.05) is 6.92 Å². The van der Waals surface area contributed by atoms with Crippen molar-refractivity contribution in [2.75, 3.05) is 13.2 Å². The first-order chi connectivity index (χ1) is 8.87. The Morgan fingerprint density at radius 1 is 1.37 bits per heavy atom. The maximum atomic E-state index is 11.3. The van der Waals surface area contributed by atoms with E-state index in [0.29, 0.717) is 0 Å². The summed E-state index contributed by atoms with van der Waals surface area (Å²) in [6, 6.07) is -0.438. The highest BCUT2D eigenvalue weighted by atomic mass is 16.8. The molecule has 3 aliphatic heterocycles. The van der Waals surface area contributed by atoms with Gasteiger partial charge < -0.3 is 29.4 Å². The Kier molecular flexibility index (Phi) is 2.88. The molecule has 3 saturated heterocycles. The molecular formula is C12H19NO6. The van der Waals surface area contributed by atoms with Gasteiger partial charge in [0.15, 0.2) is 12.1 Å². The molecule has 3 fully saturated rings. The first-order valence-electron chi connectivity index (χ1n) is 6.40. The van der Waals surface area contributed by atoms with E-state index in [0.717, 1.165) is 0 Å². The number of nitrogens with one attached hydrogen (secondary N) is 1. The van der Waals surface area contributed by atoms with Gasteiger partial charge in [-0.25, -0.2) is 0 Å². The lowest BCUT2D eigenvalue weighted by atomic mass is 9.88. The standard InChI is InChI=1S/C12H19NO6/c1-6(15)13-7-8-9(18-11(2,3)17-8)12(4-14)5-16-10(7)19-12/h7-10,14H,4-5H2,1-3H3,(H,13,15)/t7-,8-,9-,10?,12?/m1/s1. The summed E-state index contributed by atoms with van der Waals surface area (Å²) in [5.74, 6) is -0.963. The van der Waals surface area contributed by atoms with Crippen LogP contribution in [0.1, 0.15) is 20.8 Å². The molecule has 0 saturated carbocycles. The molecule has 5 atom stereocenters. The minimum atomic E-state index is -0.905. The number of carbonyl (C=O) groups is 1. The SMILES string of the molecule is CC(=O)N[C@H]1C2OCC(CO)(O2)[C@@H]2OC(C)(C)O[C@@H]21. The van der Waals surface area contributed by atoms with Crippen LogP contribution in [0, 0.1) is 0 Å². The topological polar surface area (TPSA) is 86.3 Å². The normalized spacial score (nSPS) is 46.9. The summed E-state index contributed by atoms with van der Waals surface area (Å²) in [7, 11) is 0. The molecule has 0 aromatic carbocycles.